The highest BCUT2D eigenvalue weighted by molar-refractivity contribution is 5.95. The first kappa shape index (κ1) is 10.2. The van der Waals surface area contributed by atoms with Crippen LogP contribution in [-0.4, -0.2) is 31.0 Å². The highest BCUT2D eigenvalue weighted by Crippen LogP contribution is 2.04. The first-order chi connectivity index (χ1) is 7.65. The first-order valence-corrected chi connectivity index (χ1v) is 4.63. The van der Waals surface area contributed by atoms with Gasteiger partial charge in [0.25, 0.3) is 0 Å². The average Bonchev–Trinajstić information content (AvgIpc) is 2.65. The molecule has 0 spiro atoms. The lowest BCUT2D eigenvalue weighted by Gasteiger charge is -1.97. The van der Waals surface area contributed by atoms with Crippen LogP contribution < -0.4 is 5.73 Å². The van der Waals surface area contributed by atoms with Crippen LogP contribution in [0.25, 0.3) is 0 Å². The largest absolute Gasteiger partial charge is 0.397 e. The molecule has 0 unspecified atom stereocenters. The van der Waals surface area contributed by atoms with Gasteiger partial charge >= 0.3 is 0 Å². The molecule has 7 nitrogen and oxygen atoms in total. The lowest BCUT2D eigenvalue weighted by atomic mass is 10.2. The molecular weight excluding hydrogens is 208 g/mol. The third-order valence-corrected chi connectivity index (χ3v) is 1.94. The Morgan fingerprint density at radius 3 is 2.88 bits per heavy atom. The van der Waals surface area contributed by atoms with Crippen LogP contribution in [0.5, 0.6) is 0 Å². The van der Waals surface area contributed by atoms with E-state index in [9.17, 15) is 4.79 Å². The summed E-state index contributed by atoms with van der Waals surface area (Å²) in [5.74, 6) is 0.221. The van der Waals surface area contributed by atoms with Gasteiger partial charge in [0.05, 0.1) is 25.4 Å². The third-order valence-electron chi connectivity index (χ3n) is 1.94. The highest BCUT2D eigenvalue weighted by atomic mass is 16.1. The van der Waals surface area contributed by atoms with Crippen LogP contribution in [0.3, 0.4) is 0 Å². The van der Waals surface area contributed by atoms with Crippen LogP contribution in [0.1, 0.15) is 16.3 Å². The molecule has 16 heavy (non-hydrogen) atoms. The smallest absolute Gasteiger partial charge is 0.188 e. The average molecular weight is 218 g/mol. The standard InChI is InChI=1S/C9H10N6O/c1-15-13-9(12-14-15)4-8(16)7-3-2-6(10)5-11-7/h2-3,5H,4,10H2,1H3. The molecule has 2 rings (SSSR count). The van der Waals surface area contributed by atoms with Crippen LogP contribution in [-0.2, 0) is 13.5 Å². The van der Waals surface area contributed by atoms with Gasteiger partial charge in [-0.3, -0.25) is 9.78 Å². The van der Waals surface area contributed by atoms with Gasteiger partial charge in [0, 0.05) is 0 Å². The normalized spacial score (nSPS) is 10.3. The van der Waals surface area contributed by atoms with Crippen molar-refractivity contribution >= 4 is 11.5 Å². The first-order valence-electron chi connectivity index (χ1n) is 4.63. The number of nitrogen functional groups attached to an aromatic ring is 1. The zero-order valence-corrected chi connectivity index (χ0v) is 8.66. The number of anilines is 1. The zero-order valence-electron chi connectivity index (χ0n) is 8.66. The Hall–Kier alpha value is -2.31. The number of hydrogen-bond acceptors (Lipinski definition) is 6. The second kappa shape index (κ2) is 4.05. The summed E-state index contributed by atoms with van der Waals surface area (Å²) in [6.07, 6.45) is 1.53. The minimum Gasteiger partial charge on any atom is -0.397 e. The van der Waals surface area contributed by atoms with Crippen molar-refractivity contribution in [1.82, 2.24) is 25.2 Å². The monoisotopic (exact) mass is 218 g/mol. The van der Waals surface area contributed by atoms with Gasteiger partial charge in [0.1, 0.15) is 5.69 Å². The number of pyridine rings is 1. The van der Waals surface area contributed by atoms with E-state index in [1.807, 2.05) is 0 Å². The fraction of sp³-hybridized carbons (Fsp3) is 0.222. The summed E-state index contributed by atoms with van der Waals surface area (Å²) in [4.78, 5) is 16.9. The number of rotatable bonds is 3. The zero-order chi connectivity index (χ0) is 11.5. The van der Waals surface area contributed by atoms with E-state index in [0.717, 1.165) is 0 Å². The quantitative estimate of drug-likeness (QED) is 0.704. The molecule has 0 aliphatic carbocycles. The fourth-order valence-corrected chi connectivity index (χ4v) is 1.20. The molecule has 0 aliphatic heterocycles. The third kappa shape index (κ3) is 2.19. The Labute approximate surface area is 91.3 Å². The van der Waals surface area contributed by atoms with Gasteiger partial charge in [-0.05, 0) is 17.3 Å². The number of carbonyl (C=O) groups is 1. The highest BCUT2D eigenvalue weighted by Gasteiger charge is 2.11. The van der Waals surface area contributed by atoms with Crippen molar-refractivity contribution in [2.24, 2.45) is 7.05 Å². The van der Waals surface area contributed by atoms with E-state index in [1.54, 1.807) is 19.2 Å². The van der Waals surface area contributed by atoms with Crippen LogP contribution in [0, 0.1) is 0 Å². The molecule has 0 atom stereocenters. The van der Waals surface area contributed by atoms with Gasteiger partial charge in [-0.25, -0.2) is 0 Å². The van der Waals surface area contributed by atoms with E-state index < -0.39 is 0 Å². The predicted molar refractivity (Wildman–Crippen MR) is 55.5 cm³/mol. The predicted octanol–water partition coefficient (Wildman–Crippen LogP) is -0.387. The fourth-order valence-electron chi connectivity index (χ4n) is 1.20. The molecule has 0 aliphatic rings. The molecule has 0 fully saturated rings. The van der Waals surface area contributed by atoms with Crippen LogP contribution >= 0.6 is 0 Å². The van der Waals surface area contributed by atoms with E-state index in [0.29, 0.717) is 17.2 Å². The lowest BCUT2D eigenvalue weighted by molar-refractivity contribution is 0.0986. The number of Topliss-reactive ketones (excluding diaryl/α,β-unsaturated/α-hetero) is 1. The molecule has 0 aromatic carbocycles. The molecule has 7 heteroatoms. The molecule has 2 N–H and O–H groups in total. The van der Waals surface area contributed by atoms with Crippen molar-refractivity contribution < 1.29 is 4.79 Å². The second-order valence-corrected chi connectivity index (χ2v) is 3.27. The van der Waals surface area contributed by atoms with Crippen molar-refractivity contribution in [3.8, 4) is 0 Å². The Kier molecular flexibility index (Phi) is 2.59. The molecule has 0 radical (unpaired) electrons. The molecule has 0 amide bonds. The molecular formula is C9H10N6O. The van der Waals surface area contributed by atoms with Crippen LogP contribution in [0.4, 0.5) is 5.69 Å². The number of hydrogen-bond donors (Lipinski definition) is 1. The van der Waals surface area contributed by atoms with Crippen molar-refractivity contribution in [3.05, 3.63) is 29.8 Å². The molecule has 2 aromatic rings. The van der Waals surface area contributed by atoms with E-state index in [-0.39, 0.29) is 12.2 Å². The number of tetrazole rings is 1. The summed E-state index contributed by atoms with van der Waals surface area (Å²) in [5.41, 5.74) is 6.34. The van der Waals surface area contributed by atoms with Crippen LogP contribution in [0.15, 0.2) is 18.3 Å². The maximum absolute atomic E-state index is 11.7. The van der Waals surface area contributed by atoms with Gasteiger partial charge in [-0.1, -0.05) is 0 Å². The number of nitrogens with zero attached hydrogens (tertiary/aromatic N) is 5. The molecule has 0 saturated heterocycles. The SMILES string of the molecule is Cn1nnc(CC(=O)c2ccc(N)cn2)n1. The number of aromatic nitrogens is 5. The van der Waals surface area contributed by atoms with Gasteiger partial charge in [0.2, 0.25) is 0 Å². The van der Waals surface area contributed by atoms with E-state index >= 15 is 0 Å². The maximum atomic E-state index is 11.7. The van der Waals surface area contributed by atoms with Crippen molar-refractivity contribution in [1.29, 1.82) is 0 Å². The Morgan fingerprint density at radius 2 is 2.31 bits per heavy atom. The maximum Gasteiger partial charge on any atom is 0.188 e. The second-order valence-electron chi connectivity index (χ2n) is 3.27. The van der Waals surface area contributed by atoms with E-state index in [2.05, 4.69) is 20.4 Å². The van der Waals surface area contributed by atoms with Crippen molar-refractivity contribution in [2.45, 2.75) is 6.42 Å². The molecule has 0 bridgehead atoms. The van der Waals surface area contributed by atoms with Gasteiger partial charge in [0.15, 0.2) is 11.6 Å². The van der Waals surface area contributed by atoms with Crippen molar-refractivity contribution in [2.75, 3.05) is 5.73 Å². The summed E-state index contributed by atoms with van der Waals surface area (Å²) in [7, 11) is 1.64. The Balaban J connectivity index is 2.11. The van der Waals surface area contributed by atoms with Crippen molar-refractivity contribution in [3.63, 3.8) is 0 Å². The van der Waals surface area contributed by atoms with E-state index in [1.165, 1.54) is 11.0 Å². The van der Waals surface area contributed by atoms with Gasteiger partial charge in [-0.2, -0.15) is 4.80 Å². The summed E-state index contributed by atoms with van der Waals surface area (Å²) in [6, 6.07) is 3.21. The summed E-state index contributed by atoms with van der Waals surface area (Å²) >= 11 is 0. The number of ketones is 1. The number of aryl methyl sites for hydroxylation is 1. The molecule has 2 heterocycles. The molecule has 2 aromatic heterocycles. The van der Waals surface area contributed by atoms with Crippen LogP contribution in [0.2, 0.25) is 0 Å². The Morgan fingerprint density at radius 1 is 1.50 bits per heavy atom. The van der Waals surface area contributed by atoms with E-state index in [4.69, 9.17) is 5.73 Å². The molecule has 82 valence electrons. The van der Waals surface area contributed by atoms with Gasteiger partial charge in [-0.15, -0.1) is 10.2 Å². The summed E-state index contributed by atoms with van der Waals surface area (Å²) < 4.78 is 0. The Bertz CT molecular complexity index is 503. The topological polar surface area (TPSA) is 99.6 Å². The molecule has 0 saturated carbocycles. The summed E-state index contributed by atoms with van der Waals surface area (Å²) in [6.45, 7) is 0. The van der Waals surface area contributed by atoms with Gasteiger partial charge < -0.3 is 5.73 Å². The minimum absolute atomic E-state index is 0.0881. The minimum atomic E-state index is -0.159. The lowest BCUT2D eigenvalue weighted by Crippen LogP contribution is -2.07. The number of carbonyl (C=O) groups excluding carboxylic acids is 1. The summed E-state index contributed by atoms with van der Waals surface area (Å²) in [5, 5.41) is 11.3. The number of nitrogens with two attached hydrogens (primary N) is 1.